The van der Waals surface area contributed by atoms with Crippen LogP contribution in [-0.4, -0.2) is 19.6 Å². The van der Waals surface area contributed by atoms with E-state index in [0.717, 1.165) is 5.56 Å². The smallest absolute Gasteiger partial charge is 0.238 e. The first kappa shape index (κ1) is 18.0. The van der Waals surface area contributed by atoms with Gasteiger partial charge in [-0.1, -0.05) is 41.9 Å². The molecule has 4 nitrogen and oxygen atoms in total. The Labute approximate surface area is 145 Å². The summed E-state index contributed by atoms with van der Waals surface area (Å²) in [4.78, 5) is 12.9. The number of carbonyl (C=O) groups is 1. The van der Waals surface area contributed by atoms with Gasteiger partial charge in [0.2, 0.25) is 5.91 Å². The van der Waals surface area contributed by atoms with E-state index in [0.29, 0.717) is 9.21 Å². The molecule has 124 valence electrons. The monoisotopic (exact) mass is 371 g/mol. The summed E-state index contributed by atoms with van der Waals surface area (Å²) in [6, 6.07) is 12.5. The van der Waals surface area contributed by atoms with Gasteiger partial charge in [-0.15, -0.1) is 11.3 Å². The van der Waals surface area contributed by atoms with Crippen molar-refractivity contribution in [2.45, 2.75) is 30.9 Å². The van der Waals surface area contributed by atoms with Gasteiger partial charge in [-0.25, -0.2) is 8.42 Å². The normalized spacial score (nSPS) is 14.2. The van der Waals surface area contributed by atoms with E-state index in [2.05, 4.69) is 5.32 Å². The minimum absolute atomic E-state index is 0.182. The molecule has 2 rings (SSSR count). The maximum atomic E-state index is 12.4. The zero-order valence-electron chi connectivity index (χ0n) is 12.8. The number of nitrogens with one attached hydrogen (secondary N) is 1. The third-order valence-electron chi connectivity index (χ3n) is 3.54. The van der Waals surface area contributed by atoms with Crippen LogP contribution in [-0.2, 0) is 20.4 Å². The summed E-state index contributed by atoms with van der Waals surface area (Å²) in [7, 11) is -3.59. The molecule has 1 amide bonds. The largest absolute Gasteiger partial charge is 0.348 e. The molecule has 0 radical (unpaired) electrons. The van der Waals surface area contributed by atoms with Gasteiger partial charge in [-0.3, -0.25) is 4.79 Å². The van der Waals surface area contributed by atoms with Gasteiger partial charge >= 0.3 is 0 Å². The lowest BCUT2D eigenvalue weighted by molar-refractivity contribution is -0.121. The van der Waals surface area contributed by atoms with Gasteiger partial charge in [-0.2, -0.15) is 0 Å². The van der Waals surface area contributed by atoms with Crippen molar-refractivity contribution >= 4 is 38.7 Å². The van der Waals surface area contributed by atoms with E-state index < -0.39 is 21.0 Å². The van der Waals surface area contributed by atoms with E-state index in [4.69, 9.17) is 11.6 Å². The van der Waals surface area contributed by atoms with E-state index in [-0.39, 0.29) is 11.8 Å². The summed E-state index contributed by atoms with van der Waals surface area (Å²) >= 11 is 7.02. The summed E-state index contributed by atoms with van der Waals surface area (Å²) < 4.78 is 25.3. The Hall–Kier alpha value is -1.37. The fourth-order valence-corrected chi connectivity index (χ4v) is 4.82. The van der Waals surface area contributed by atoms with E-state index in [9.17, 15) is 13.2 Å². The number of rotatable bonds is 6. The molecular formula is C16H18ClNO3S2. The highest BCUT2D eigenvalue weighted by Gasteiger charge is 2.29. The number of halogens is 1. The number of amides is 1. The van der Waals surface area contributed by atoms with Crippen molar-refractivity contribution in [2.24, 2.45) is 0 Å². The van der Waals surface area contributed by atoms with E-state index in [1.165, 1.54) is 18.3 Å². The summed E-state index contributed by atoms with van der Waals surface area (Å²) in [5.74, 6) is -0.678. The second-order valence-corrected chi connectivity index (χ2v) is 9.42. The van der Waals surface area contributed by atoms with Crippen LogP contribution in [0.5, 0.6) is 0 Å². The molecule has 1 N–H and O–H groups in total. The van der Waals surface area contributed by atoms with Crippen molar-refractivity contribution in [3.63, 3.8) is 0 Å². The molecule has 0 spiro atoms. The van der Waals surface area contributed by atoms with Crippen molar-refractivity contribution in [1.29, 1.82) is 0 Å². The summed E-state index contributed by atoms with van der Waals surface area (Å²) in [6.07, 6.45) is 0. The van der Waals surface area contributed by atoms with E-state index in [1.807, 2.05) is 37.3 Å². The quantitative estimate of drug-likeness (QED) is 0.844. The molecule has 7 heteroatoms. The lowest BCUT2D eigenvalue weighted by Crippen LogP contribution is -2.39. The molecule has 0 fully saturated rings. The number of benzene rings is 1. The third-order valence-corrected chi connectivity index (χ3v) is 6.96. The molecule has 2 aromatic rings. The average molecular weight is 372 g/mol. The lowest BCUT2D eigenvalue weighted by atomic mass is 10.1. The molecule has 1 aromatic carbocycles. The molecule has 1 aromatic heterocycles. The predicted molar refractivity (Wildman–Crippen MR) is 94.4 cm³/mol. The molecule has 0 aliphatic carbocycles. The number of hydrogen-bond donors (Lipinski definition) is 1. The minimum Gasteiger partial charge on any atom is -0.348 e. The fraction of sp³-hybridized carbons (Fsp3) is 0.312. The Morgan fingerprint density at radius 1 is 1.17 bits per heavy atom. The van der Waals surface area contributed by atoms with Crippen LogP contribution < -0.4 is 5.32 Å². The molecule has 0 bridgehead atoms. The van der Waals surface area contributed by atoms with Crippen molar-refractivity contribution in [3.8, 4) is 0 Å². The lowest BCUT2D eigenvalue weighted by Gasteiger charge is -2.18. The maximum absolute atomic E-state index is 12.4. The van der Waals surface area contributed by atoms with E-state index >= 15 is 0 Å². The summed E-state index contributed by atoms with van der Waals surface area (Å²) in [5.41, 5.74) is 0.926. The fourth-order valence-electron chi connectivity index (χ4n) is 2.07. The van der Waals surface area contributed by atoms with Crippen molar-refractivity contribution in [1.82, 2.24) is 5.32 Å². The molecular weight excluding hydrogens is 354 g/mol. The molecule has 0 saturated heterocycles. The van der Waals surface area contributed by atoms with Gasteiger partial charge in [0.25, 0.3) is 0 Å². The predicted octanol–water partition coefficient (Wildman–Crippen LogP) is 3.58. The van der Waals surface area contributed by atoms with Crippen LogP contribution in [0.25, 0.3) is 0 Å². The van der Waals surface area contributed by atoms with Crippen molar-refractivity contribution in [2.75, 3.05) is 0 Å². The molecule has 0 unspecified atom stereocenters. The minimum atomic E-state index is -3.59. The molecule has 23 heavy (non-hydrogen) atoms. The van der Waals surface area contributed by atoms with Gasteiger partial charge in [0, 0.05) is 4.88 Å². The van der Waals surface area contributed by atoms with Crippen molar-refractivity contribution in [3.05, 3.63) is 57.2 Å². The summed E-state index contributed by atoms with van der Waals surface area (Å²) in [5, 5.41) is 1.64. The second-order valence-electron chi connectivity index (χ2n) is 5.30. The van der Waals surface area contributed by atoms with Crippen LogP contribution in [0, 0.1) is 0 Å². The molecule has 0 aliphatic heterocycles. The average Bonchev–Trinajstić information content (AvgIpc) is 2.91. The zero-order chi connectivity index (χ0) is 17.0. The van der Waals surface area contributed by atoms with Gasteiger partial charge in [0.1, 0.15) is 5.25 Å². The number of hydrogen-bond acceptors (Lipinski definition) is 4. The molecule has 1 heterocycles. The van der Waals surface area contributed by atoms with Crippen molar-refractivity contribution < 1.29 is 13.2 Å². The van der Waals surface area contributed by atoms with Gasteiger partial charge < -0.3 is 5.32 Å². The first-order valence-electron chi connectivity index (χ1n) is 7.10. The highest BCUT2D eigenvalue weighted by atomic mass is 35.5. The zero-order valence-corrected chi connectivity index (χ0v) is 15.2. The summed E-state index contributed by atoms with van der Waals surface area (Å²) in [6.45, 7) is 3.24. The van der Waals surface area contributed by atoms with Gasteiger partial charge in [0.05, 0.1) is 16.1 Å². The highest BCUT2D eigenvalue weighted by molar-refractivity contribution is 7.92. The first-order chi connectivity index (χ1) is 10.8. The maximum Gasteiger partial charge on any atom is 0.238 e. The number of thiophene rings is 1. The topological polar surface area (TPSA) is 63.2 Å². The van der Waals surface area contributed by atoms with E-state index in [1.54, 1.807) is 12.1 Å². The number of carbonyl (C=O) groups excluding carboxylic acids is 1. The van der Waals surface area contributed by atoms with Gasteiger partial charge in [-0.05, 0) is 31.5 Å². The molecule has 0 saturated carbocycles. The second kappa shape index (κ2) is 7.47. The highest BCUT2D eigenvalue weighted by Crippen LogP contribution is 2.24. The van der Waals surface area contributed by atoms with Crippen LogP contribution in [0.3, 0.4) is 0 Å². The molecule has 2 atom stereocenters. The Balaban J connectivity index is 2.03. The van der Waals surface area contributed by atoms with Crippen LogP contribution >= 0.6 is 22.9 Å². The Morgan fingerprint density at radius 3 is 2.39 bits per heavy atom. The SMILES string of the molecule is C[C@@H](NC(=O)[C@H](C)S(=O)(=O)Cc1ccc(Cl)s1)c1ccccc1. The number of sulfone groups is 1. The van der Waals surface area contributed by atoms with Crippen LogP contribution in [0.2, 0.25) is 4.34 Å². The van der Waals surface area contributed by atoms with Crippen LogP contribution in [0.4, 0.5) is 0 Å². The third kappa shape index (κ3) is 4.80. The molecule has 0 aliphatic rings. The van der Waals surface area contributed by atoms with Gasteiger partial charge in [0.15, 0.2) is 9.84 Å². The first-order valence-corrected chi connectivity index (χ1v) is 10.0. The van der Waals surface area contributed by atoms with Crippen LogP contribution in [0.1, 0.15) is 30.3 Å². The Morgan fingerprint density at radius 2 is 1.83 bits per heavy atom. The standard InChI is InChI=1S/C16H18ClNO3S2/c1-11(13-6-4-3-5-7-13)18-16(19)12(2)23(20,21)10-14-8-9-15(17)22-14/h3-9,11-12H,10H2,1-2H3,(H,18,19)/t11-,12+/m1/s1. The Bertz CT molecular complexity index is 772. The van der Waals surface area contributed by atoms with Crippen LogP contribution in [0.15, 0.2) is 42.5 Å². The Kier molecular flexibility index (Phi) is 5.84.